The zero-order chi connectivity index (χ0) is 14.2. The van der Waals surface area contributed by atoms with Crippen LogP contribution in [0.4, 0.5) is 0 Å². The molecule has 0 unspecified atom stereocenters. The van der Waals surface area contributed by atoms with Crippen LogP contribution in [0.5, 0.6) is 0 Å². The van der Waals surface area contributed by atoms with Crippen LogP contribution in [0.1, 0.15) is 18.4 Å². The highest BCUT2D eigenvalue weighted by molar-refractivity contribution is 5.87. The van der Waals surface area contributed by atoms with Crippen LogP contribution < -0.4 is 0 Å². The number of hydrogen-bond donors (Lipinski definition) is 1. The maximum Gasteiger partial charge on any atom is 0.314 e. The van der Waals surface area contributed by atoms with Gasteiger partial charge in [0, 0.05) is 0 Å². The summed E-state index contributed by atoms with van der Waals surface area (Å²) in [5.41, 5.74) is 0.216. The van der Waals surface area contributed by atoms with Crippen molar-refractivity contribution in [3.8, 4) is 0 Å². The maximum absolute atomic E-state index is 11.9. The van der Waals surface area contributed by atoms with Crippen molar-refractivity contribution in [2.45, 2.75) is 18.3 Å². The van der Waals surface area contributed by atoms with Crippen LogP contribution in [0.25, 0.3) is 10.8 Å². The van der Waals surface area contributed by atoms with E-state index in [0.29, 0.717) is 12.8 Å². The third-order valence-corrected chi connectivity index (χ3v) is 4.55. The molecule has 104 valence electrons. The fraction of sp³-hybridized carbons (Fsp3) is 0.353. The number of fused-ring (bicyclic) bond motifs is 1. The van der Waals surface area contributed by atoms with Crippen molar-refractivity contribution < 1.29 is 9.90 Å². The van der Waals surface area contributed by atoms with Gasteiger partial charge in [-0.25, -0.2) is 0 Å². The Bertz CT molecular complexity index is 642. The number of piperidine rings is 1. The molecule has 3 nitrogen and oxygen atoms in total. The lowest BCUT2D eigenvalue weighted by atomic mass is 9.72. The van der Waals surface area contributed by atoms with Gasteiger partial charge in [-0.3, -0.25) is 4.79 Å². The number of likely N-dealkylation sites (tertiary alicyclic amines) is 1. The zero-order valence-electron chi connectivity index (χ0n) is 11.7. The van der Waals surface area contributed by atoms with Crippen LogP contribution in [-0.4, -0.2) is 36.1 Å². The molecule has 2 aromatic carbocycles. The molecular weight excluding hydrogens is 250 g/mol. The van der Waals surface area contributed by atoms with E-state index in [1.165, 1.54) is 0 Å². The Morgan fingerprint density at radius 1 is 1.10 bits per heavy atom. The van der Waals surface area contributed by atoms with E-state index in [1.807, 2.05) is 37.4 Å². The molecule has 0 atom stereocenters. The Morgan fingerprint density at radius 2 is 1.75 bits per heavy atom. The van der Waals surface area contributed by atoms with E-state index in [4.69, 9.17) is 0 Å². The number of carbonyl (C=O) groups is 1. The molecule has 0 amide bonds. The number of benzene rings is 2. The molecule has 1 aliphatic rings. The first kappa shape index (κ1) is 13.1. The number of rotatable bonds is 2. The minimum absolute atomic E-state index is 0.678. The van der Waals surface area contributed by atoms with Gasteiger partial charge in [-0.05, 0) is 49.3 Å². The summed E-state index contributed by atoms with van der Waals surface area (Å²) in [6.45, 7) is 1.66. The summed E-state index contributed by atoms with van der Waals surface area (Å²) in [7, 11) is 2.05. The molecule has 1 aliphatic heterocycles. The first-order valence-corrected chi connectivity index (χ1v) is 7.03. The van der Waals surface area contributed by atoms with Crippen LogP contribution >= 0.6 is 0 Å². The monoisotopic (exact) mass is 269 g/mol. The van der Waals surface area contributed by atoms with Crippen LogP contribution in [0, 0.1) is 0 Å². The molecule has 1 saturated heterocycles. The van der Waals surface area contributed by atoms with Gasteiger partial charge in [0.1, 0.15) is 0 Å². The van der Waals surface area contributed by atoms with Crippen LogP contribution in [0.15, 0.2) is 42.5 Å². The molecule has 20 heavy (non-hydrogen) atoms. The van der Waals surface area contributed by atoms with Gasteiger partial charge in [0.15, 0.2) is 0 Å². The topological polar surface area (TPSA) is 40.5 Å². The molecule has 1 fully saturated rings. The number of carboxylic acid groups (broad SMARTS) is 1. The molecule has 0 aromatic heterocycles. The second-order valence-electron chi connectivity index (χ2n) is 5.75. The number of nitrogens with zero attached hydrogens (tertiary/aromatic N) is 1. The van der Waals surface area contributed by atoms with Crippen molar-refractivity contribution in [2.75, 3.05) is 20.1 Å². The Hall–Kier alpha value is -1.87. The highest BCUT2D eigenvalue weighted by Gasteiger charge is 2.42. The Morgan fingerprint density at radius 3 is 2.40 bits per heavy atom. The third kappa shape index (κ3) is 2.08. The van der Waals surface area contributed by atoms with Crippen molar-refractivity contribution >= 4 is 16.7 Å². The SMILES string of the molecule is CN1CCC(C(=O)O)(c2ccc3ccccc3c2)CC1. The van der Waals surface area contributed by atoms with E-state index in [1.54, 1.807) is 0 Å². The van der Waals surface area contributed by atoms with E-state index >= 15 is 0 Å². The van der Waals surface area contributed by atoms with E-state index in [0.717, 1.165) is 29.4 Å². The molecule has 3 heteroatoms. The summed E-state index contributed by atoms with van der Waals surface area (Å²) in [6.07, 6.45) is 1.36. The van der Waals surface area contributed by atoms with Gasteiger partial charge in [0.2, 0.25) is 0 Å². The molecule has 0 bridgehead atoms. The van der Waals surface area contributed by atoms with Crippen molar-refractivity contribution in [1.82, 2.24) is 4.90 Å². The van der Waals surface area contributed by atoms with Gasteiger partial charge in [-0.1, -0.05) is 42.5 Å². The van der Waals surface area contributed by atoms with Crippen LogP contribution in [-0.2, 0) is 10.2 Å². The largest absolute Gasteiger partial charge is 0.481 e. The minimum atomic E-state index is -0.726. The fourth-order valence-electron chi connectivity index (χ4n) is 3.11. The molecule has 1 heterocycles. The maximum atomic E-state index is 11.9. The van der Waals surface area contributed by atoms with Crippen molar-refractivity contribution in [2.24, 2.45) is 0 Å². The van der Waals surface area contributed by atoms with Gasteiger partial charge >= 0.3 is 5.97 Å². The van der Waals surface area contributed by atoms with Crippen molar-refractivity contribution in [3.05, 3.63) is 48.0 Å². The molecule has 0 spiro atoms. The van der Waals surface area contributed by atoms with Gasteiger partial charge in [0.05, 0.1) is 5.41 Å². The lowest BCUT2D eigenvalue weighted by molar-refractivity contribution is -0.145. The first-order chi connectivity index (χ1) is 9.62. The summed E-state index contributed by atoms with van der Waals surface area (Å²) in [4.78, 5) is 14.1. The Labute approximate surface area is 118 Å². The van der Waals surface area contributed by atoms with Gasteiger partial charge in [-0.15, -0.1) is 0 Å². The van der Waals surface area contributed by atoms with Gasteiger partial charge < -0.3 is 10.0 Å². The standard InChI is InChI=1S/C17H19NO2/c1-18-10-8-17(9-11-18,16(19)20)15-7-6-13-4-2-3-5-14(13)12-15/h2-7,12H,8-11H2,1H3,(H,19,20). The summed E-state index contributed by atoms with van der Waals surface area (Å²) in [5, 5.41) is 12.1. The molecule has 1 N–H and O–H groups in total. The summed E-state index contributed by atoms with van der Waals surface area (Å²) >= 11 is 0. The Balaban J connectivity index is 2.08. The molecular formula is C17H19NO2. The first-order valence-electron chi connectivity index (χ1n) is 7.03. The number of aliphatic carboxylic acids is 1. The van der Waals surface area contributed by atoms with Gasteiger partial charge in [-0.2, -0.15) is 0 Å². The number of hydrogen-bond acceptors (Lipinski definition) is 2. The van der Waals surface area contributed by atoms with E-state index in [-0.39, 0.29) is 0 Å². The summed E-state index contributed by atoms with van der Waals surface area (Å²) in [6, 6.07) is 14.2. The molecule has 0 radical (unpaired) electrons. The average molecular weight is 269 g/mol. The summed E-state index contributed by atoms with van der Waals surface area (Å²) in [5.74, 6) is -0.694. The van der Waals surface area contributed by atoms with Crippen molar-refractivity contribution in [1.29, 1.82) is 0 Å². The predicted molar refractivity (Wildman–Crippen MR) is 80.0 cm³/mol. The van der Waals surface area contributed by atoms with E-state index in [2.05, 4.69) is 17.0 Å². The second kappa shape index (κ2) is 4.91. The number of carboxylic acids is 1. The lowest BCUT2D eigenvalue weighted by Crippen LogP contribution is -2.46. The zero-order valence-corrected chi connectivity index (χ0v) is 11.7. The predicted octanol–water partition coefficient (Wildman–Crippen LogP) is 2.89. The second-order valence-corrected chi connectivity index (χ2v) is 5.75. The average Bonchev–Trinajstić information content (AvgIpc) is 2.47. The van der Waals surface area contributed by atoms with E-state index in [9.17, 15) is 9.90 Å². The molecule has 0 aliphatic carbocycles. The smallest absolute Gasteiger partial charge is 0.314 e. The minimum Gasteiger partial charge on any atom is -0.481 e. The quantitative estimate of drug-likeness (QED) is 0.911. The van der Waals surface area contributed by atoms with Crippen molar-refractivity contribution in [3.63, 3.8) is 0 Å². The summed E-state index contributed by atoms with van der Waals surface area (Å²) < 4.78 is 0. The van der Waals surface area contributed by atoms with Gasteiger partial charge in [0.25, 0.3) is 0 Å². The highest BCUT2D eigenvalue weighted by Crippen LogP contribution is 2.36. The Kier molecular flexibility index (Phi) is 3.22. The van der Waals surface area contributed by atoms with Crippen LogP contribution in [0.3, 0.4) is 0 Å². The normalized spacial score (nSPS) is 19.1. The molecule has 0 saturated carbocycles. The van der Waals surface area contributed by atoms with Crippen LogP contribution in [0.2, 0.25) is 0 Å². The molecule has 2 aromatic rings. The molecule has 3 rings (SSSR count). The third-order valence-electron chi connectivity index (χ3n) is 4.55. The highest BCUT2D eigenvalue weighted by atomic mass is 16.4. The fourth-order valence-corrected chi connectivity index (χ4v) is 3.11. The van der Waals surface area contributed by atoms with E-state index < -0.39 is 11.4 Å². The lowest BCUT2D eigenvalue weighted by Gasteiger charge is -2.37.